The summed E-state index contributed by atoms with van der Waals surface area (Å²) in [6.45, 7) is 2.14. The number of rotatable bonds is 2. The van der Waals surface area contributed by atoms with Crippen molar-refractivity contribution in [2.24, 2.45) is 0 Å². The van der Waals surface area contributed by atoms with Crippen LogP contribution in [0.2, 0.25) is 0 Å². The molecule has 0 bridgehead atoms. The van der Waals surface area contributed by atoms with Crippen LogP contribution in [0.1, 0.15) is 12.5 Å². The van der Waals surface area contributed by atoms with E-state index in [2.05, 4.69) is 40.4 Å². The highest BCUT2D eigenvalue weighted by Gasteiger charge is 1.98. The van der Waals surface area contributed by atoms with Crippen LogP contribution in [0.25, 0.3) is 10.9 Å². The minimum absolute atomic E-state index is 0.672. The molecule has 0 radical (unpaired) electrons. The topological polar surface area (TPSA) is 37.8 Å². The molecule has 3 nitrogen and oxygen atoms in total. The molecule has 1 aromatic carbocycles. The van der Waals surface area contributed by atoms with E-state index in [4.69, 9.17) is 0 Å². The van der Waals surface area contributed by atoms with Gasteiger partial charge in [0, 0.05) is 18.6 Å². The molecule has 0 spiro atoms. The fraction of sp³-hybridized carbons (Fsp3) is 0.273. The van der Waals surface area contributed by atoms with Crippen LogP contribution in [0.3, 0.4) is 0 Å². The Balaban J connectivity index is 2.60. The Bertz CT molecular complexity index is 412. The zero-order chi connectivity index (χ0) is 9.97. The third kappa shape index (κ3) is 1.53. The molecule has 72 valence electrons. The quantitative estimate of drug-likeness (QED) is 0.783. The number of hydrogen-bond donors (Lipinski definition) is 1. The number of nitrogens with zero attached hydrogens (tertiary/aromatic N) is 2. The monoisotopic (exact) mass is 187 g/mol. The normalized spacial score (nSPS) is 10.4. The van der Waals surface area contributed by atoms with E-state index in [1.54, 1.807) is 0 Å². The first-order chi connectivity index (χ1) is 6.83. The average Bonchev–Trinajstić information content (AvgIpc) is 2.27. The van der Waals surface area contributed by atoms with E-state index in [0.717, 1.165) is 17.3 Å². The summed E-state index contributed by atoms with van der Waals surface area (Å²) in [5.74, 6) is 0.672. The van der Waals surface area contributed by atoms with Crippen molar-refractivity contribution in [3.05, 3.63) is 30.0 Å². The molecule has 2 rings (SSSR count). The lowest BCUT2D eigenvalue weighted by molar-refractivity contribution is 1.13. The smallest absolute Gasteiger partial charge is 0.222 e. The summed E-state index contributed by atoms with van der Waals surface area (Å²) in [6, 6.07) is 6.29. The Morgan fingerprint density at radius 2 is 2.21 bits per heavy atom. The fourth-order valence-corrected chi connectivity index (χ4v) is 1.41. The maximum absolute atomic E-state index is 4.38. The summed E-state index contributed by atoms with van der Waals surface area (Å²) in [5, 5.41) is 4.02. The van der Waals surface area contributed by atoms with E-state index in [1.807, 2.05) is 13.2 Å². The molecule has 0 saturated carbocycles. The second-order valence-corrected chi connectivity index (χ2v) is 3.19. The zero-order valence-corrected chi connectivity index (χ0v) is 8.41. The standard InChI is InChI=1S/C11H13N3/c1-3-8-4-5-9-7-13-11(12-2)14-10(9)6-8/h4-7H,3H2,1-2H3,(H,12,13,14). The van der Waals surface area contributed by atoms with Gasteiger partial charge in [0.1, 0.15) is 0 Å². The van der Waals surface area contributed by atoms with Crippen molar-refractivity contribution in [2.45, 2.75) is 13.3 Å². The summed E-state index contributed by atoms with van der Waals surface area (Å²) in [7, 11) is 1.82. The Hall–Kier alpha value is -1.64. The van der Waals surface area contributed by atoms with Crippen LogP contribution in [0.5, 0.6) is 0 Å². The van der Waals surface area contributed by atoms with Gasteiger partial charge in [-0.3, -0.25) is 0 Å². The summed E-state index contributed by atoms with van der Waals surface area (Å²) in [6.07, 6.45) is 2.88. The van der Waals surface area contributed by atoms with E-state index in [9.17, 15) is 0 Å². The highest BCUT2D eigenvalue weighted by Crippen LogP contribution is 2.14. The van der Waals surface area contributed by atoms with Gasteiger partial charge in [0.2, 0.25) is 5.95 Å². The molecule has 0 saturated heterocycles. The lowest BCUT2D eigenvalue weighted by Gasteiger charge is -2.02. The van der Waals surface area contributed by atoms with Gasteiger partial charge in [-0.05, 0) is 18.1 Å². The van der Waals surface area contributed by atoms with Crippen LogP contribution in [0.4, 0.5) is 5.95 Å². The Kier molecular flexibility index (Phi) is 2.31. The van der Waals surface area contributed by atoms with Gasteiger partial charge in [-0.15, -0.1) is 0 Å². The number of benzene rings is 1. The molecule has 3 heteroatoms. The van der Waals surface area contributed by atoms with E-state index in [-0.39, 0.29) is 0 Å². The first-order valence-corrected chi connectivity index (χ1v) is 4.77. The molecule has 0 amide bonds. The van der Waals surface area contributed by atoms with E-state index >= 15 is 0 Å². The van der Waals surface area contributed by atoms with Gasteiger partial charge in [0.05, 0.1) is 5.52 Å². The molecule has 0 atom stereocenters. The Morgan fingerprint density at radius 3 is 2.93 bits per heavy atom. The Morgan fingerprint density at radius 1 is 1.36 bits per heavy atom. The van der Waals surface area contributed by atoms with Crippen LogP contribution in [0, 0.1) is 0 Å². The van der Waals surface area contributed by atoms with Crippen LogP contribution < -0.4 is 5.32 Å². The molecular formula is C11H13N3. The van der Waals surface area contributed by atoms with Crippen molar-refractivity contribution >= 4 is 16.9 Å². The molecule has 2 aromatic rings. The number of aryl methyl sites for hydroxylation is 1. The third-order valence-electron chi connectivity index (χ3n) is 2.28. The number of fused-ring (bicyclic) bond motifs is 1. The summed E-state index contributed by atoms with van der Waals surface area (Å²) in [5.41, 5.74) is 2.31. The Labute approximate surface area is 83.2 Å². The highest BCUT2D eigenvalue weighted by molar-refractivity contribution is 5.79. The first kappa shape index (κ1) is 8.94. The SMILES string of the molecule is CCc1ccc2cnc(NC)nc2c1. The van der Waals surface area contributed by atoms with Gasteiger partial charge in [-0.1, -0.05) is 19.1 Å². The van der Waals surface area contributed by atoms with Crippen molar-refractivity contribution in [1.82, 2.24) is 9.97 Å². The van der Waals surface area contributed by atoms with Crippen molar-refractivity contribution < 1.29 is 0 Å². The van der Waals surface area contributed by atoms with Crippen molar-refractivity contribution in [2.75, 3.05) is 12.4 Å². The van der Waals surface area contributed by atoms with Crippen LogP contribution in [0.15, 0.2) is 24.4 Å². The summed E-state index contributed by atoms with van der Waals surface area (Å²) >= 11 is 0. The van der Waals surface area contributed by atoms with Gasteiger partial charge in [0.25, 0.3) is 0 Å². The average molecular weight is 187 g/mol. The van der Waals surface area contributed by atoms with Gasteiger partial charge in [-0.2, -0.15) is 0 Å². The minimum atomic E-state index is 0.672. The van der Waals surface area contributed by atoms with Gasteiger partial charge < -0.3 is 5.32 Å². The molecule has 1 N–H and O–H groups in total. The molecule has 0 aliphatic rings. The van der Waals surface area contributed by atoms with Crippen molar-refractivity contribution in [3.8, 4) is 0 Å². The molecular weight excluding hydrogens is 174 g/mol. The predicted octanol–water partition coefficient (Wildman–Crippen LogP) is 2.23. The maximum atomic E-state index is 4.38. The number of anilines is 1. The van der Waals surface area contributed by atoms with Gasteiger partial charge in [-0.25, -0.2) is 9.97 Å². The highest BCUT2D eigenvalue weighted by atomic mass is 15.1. The first-order valence-electron chi connectivity index (χ1n) is 4.77. The lowest BCUT2D eigenvalue weighted by atomic mass is 10.1. The fourth-order valence-electron chi connectivity index (χ4n) is 1.41. The minimum Gasteiger partial charge on any atom is -0.357 e. The van der Waals surface area contributed by atoms with Crippen molar-refractivity contribution in [3.63, 3.8) is 0 Å². The van der Waals surface area contributed by atoms with Crippen molar-refractivity contribution in [1.29, 1.82) is 0 Å². The predicted molar refractivity (Wildman–Crippen MR) is 58.5 cm³/mol. The molecule has 1 heterocycles. The van der Waals surface area contributed by atoms with Crippen LogP contribution in [-0.2, 0) is 6.42 Å². The summed E-state index contributed by atoms with van der Waals surface area (Å²) < 4.78 is 0. The number of hydrogen-bond acceptors (Lipinski definition) is 3. The molecule has 0 aliphatic carbocycles. The zero-order valence-electron chi connectivity index (χ0n) is 8.41. The van der Waals surface area contributed by atoms with E-state index in [0.29, 0.717) is 5.95 Å². The van der Waals surface area contributed by atoms with E-state index in [1.165, 1.54) is 5.56 Å². The molecule has 1 aromatic heterocycles. The molecule has 0 aliphatic heterocycles. The molecule has 14 heavy (non-hydrogen) atoms. The largest absolute Gasteiger partial charge is 0.357 e. The lowest BCUT2D eigenvalue weighted by Crippen LogP contribution is -1.95. The van der Waals surface area contributed by atoms with Crippen LogP contribution in [-0.4, -0.2) is 17.0 Å². The number of nitrogens with one attached hydrogen (secondary N) is 1. The third-order valence-corrected chi connectivity index (χ3v) is 2.28. The van der Waals surface area contributed by atoms with E-state index < -0.39 is 0 Å². The number of aromatic nitrogens is 2. The van der Waals surface area contributed by atoms with Gasteiger partial charge >= 0.3 is 0 Å². The molecule has 0 unspecified atom stereocenters. The maximum Gasteiger partial charge on any atom is 0.222 e. The summed E-state index contributed by atoms with van der Waals surface area (Å²) in [4.78, 5) is 8.54. The second kappa shape index (κ2) is 3.62. The molecule has 0 fully saturated rings. The van der Waals surface area contributed by atoms with Gasteiger partial charge in [0.15, 0.2) is 0 Å². The van der Waals surface area contributed by atoms with Crippen LogP contribution >= 0.6 is 0 Å². The second-order valence-electron chi connectivity index (χ2n) is 3.19.